The first kappa shape index (κ1) is 13.5. The molecule has 0 fully saturated rings. The first-order chi connectivity index (χ1) is 8.78. The Bertz CT molecular complexity index is 569. The molecule has 2 rings (SSSR count). The molecule has 1 aliphatic rings. The second kappa shape index (κ2) is 4.65. The molecule has 0 atom stereocenters. The van der Waals surface area contributed by atoms with Crippen molar-refractivity contribution >= 4 is 35.0 Å². The van der Waals surface area contributed by atoms with Crippen molar-refractivity contribution in [2.75, 3.05) is 18.0 Å². The van der Waals surface area contributed by atoms with Crippen molar-refractivity contribution in [1.29, 1.82) is 0 Å². The predicted octanol–water partition coefficient (Wildman–Crippen LogP) is 0.853. The molecule has 0 aromatic carbocycles. The summed E-state index contributed by atoms with van der Waals surface area (Å²) in [5.74, 6) is 0.0693. The third kappa shape index (κ3) is 2.93. The SMILES string of the molecule is CC1(C)CN=C(NC(=O)c2nc(Cl)c(N)nc2N)C1. The van der Waals surface area contributed by atoms with Crippen LogP contribution in [0.15, 0.2) is 4.99 Å². The van der Waals surface area contributed by atoms with Gasteiger partial charge in [-0.2, -0.15) is 0 Å². The number of aromatic nitrogens is 2. The highest BCUT2D eigenvalue weighted by Gasteiger charge is 2.28. The normalized spacial score (nSPS) is 17.1. The Balaban J connectivity index is 2.15. The van der Waals surface area contributed by atoms with E-state index in [4.69, 9.17) is 23.1 Å². The van der Waals surface area contributed by atoms with Crippen LogP contribution in [-0.2, 0) is 0 Å². The molecule has 0 unspecified atom stereocenters. The van der Waals surface area contributed by atoms with Crippen molar-refractivity contribution in [2.24, 2.45) is 10.4 Å². The van der Waals surface area contributed by atoms with Crippen LogP contribution < -0.4 is 16.8 Å². The van der Waals surface area contributed by atoms with Crippen molar-refractivity contribution in [3.05, 3.63) is 10.8 Å². The summed E-state index contributed by atoms with van der Waals surface area (Å²) in [7, 11) is 0. The van der Waals surface area contributed by atoms with E-state index in [2.05, 4.69) is 34.1 Å². The molecule has 0 bridgehead atoms. The van der Waals surface area contributed by atoms with E-state index in [0.29, 0.717) is 18.8 Å². The zero-order chi connectivity index (χ0) is 14.2. The number of carbonyl (C=O) groups excluding carboxylic acids is 1. The van der Waals surface area contributed by atoms with Crippen LogP contribution in [0.1, 0.15) is 30.8 Å². The fraction of sp³-hybridized carbons (Fsp3) is 0.455. The molecule has 0 radical (unpaired) electrons. The Kier molecular flexibility index (Phi) is 3.32. The number of hydrogen-bond acceptors (Lipinski definition) is 6. The number of nitrogens with one attached hydrogen (secondary N) is 1. The number of nitrogens with two attached hydrogens (primary N) is 2. The topological polar surface area (TPSA) is 119 Å². The Hall–Kier alpha value is -1.89. The molecule has 1 aromatic rings. The number of amides is 1. The number of amidine groups is 1. The molecule has 102 valence electrons. The molecule has 0 saturated heterocycles. The lowest BCUT2D eigenvalue weighted by Crippen LogP contribution is -2.32. The first-order valence-corrected chi connectivity index (χ1v) is 6.09. The number of nitrogen functional groups attached to an aromatic ring is 2. The van der Waals surface area contributed by atoms with Crippen LogP contribution in [-0.4, -0.2) is 28.3 Å². The van der Waals surface area contributed by atoms with Crippen molar-refractivity contribution in [2.45, 2.75) is 20.3 Å². The van der Waals surface area contributed by atoms with Crippen molar-refractivity contribution in [1.82, 2.24) is 15.3 Å². The molecule has 0 saturated carbocycles. The van der Waals surface area contributed by atoms with Gasteiger partial charge in [0.2, 0.25) is 0 Å². The second-order valence-corrected chi connectivity index (χ2v) is 5.55. The summed E-state index contributed by atoms with van der Waals surface area (Å²) in [4.78, 5) is 23.9. The minimum atomic E-state index is -0.483. The summed E-state index contributed by atoms with van der Waals surface area (Å²) in [6.07, 6.45) is 0.689. The van der Waals surface area contributed by atoms with Crippen LogP contribution in [0, 0.1) is 5.41 Å². The van der Waals surface area contributed by atoms with E-state index in [1.54, 1.807) is 0 Å². The van der Waals surface area contributed by atoms with Crippen molar-refractivity contribution in [3.63, 3.8) is 0 Å². The maximum Gasteiger partial charge on any atom is 0.279 e. The van der Waals surface area contributed by atoms with Crippen LogP contribution in [0.2, 0.25) is 5.15 Å². The van der Waals surface area contributed by atoms with Gasteiger partial charge in [0.25, 0.3) is 5.91 Å². The van der Waals surface area contributed by atoms with Gasteiger partial charge in [0.15, 0.2) is 22.5 Å². The van der Waals surface area contributed by atoms with Gasteiger partial charge >= 0.3 is 0 Å². The molecule has 1 aromatic heterocycles. The molecule has 7 nitrogen and oxygen atoms in total. The summed E-state index contributed by atoms with van der Waals surface area (Å²) >= 11 is 5.73. The summed E-state index contributed by atoms with van der Waals surface area (Å²) in [6.45, 7) is 4.82. The fourth-order valence-electron chi connectivity index (χ4n) is 1.76. The van der Waals surface area contributed by atoms with Gasteiger partial charge in [0.1, 0.15) is 5.84 Å². The summed E-state index contributed by atoms with van der Waals surface area (Å²) < 4.78 is 0. The molecule has 5 N–H and O–H groups in total. The highest BCUT2D eigenvalue weighted by atomic mass is 35.5. The van der Waals surface area contributed by atoms with Gasteiger partial charge in [-0.05, 0) is 5.41 Å². The van der Waals surface area contributed by atoms with Crippen molar-refractivity contribution in [3.8, 4) is 0 Å². The molecular weight excluding hydrogens is 268 g/mol. The lowest BCUT2D eigenvalue weighted by molar-refractivity contribution is 0.0972. The molecule has 2 heterocycles. The minimum Gasteiger partial charge on any atom is -0.382 e. The summed E-state index contributed by atoms with van der Waals surface area (Å²) in [6, 6.07) is 0. The fourth-order valence-corrected chi connectivity index (χ4v) is 1.88. The smallest absolute Gasteiger partial charge is 0.279 e. The first-order valence-electron chi connectivity index (χ1n) is 5.72. The number of anilines is 2. The summed E-state index contributed by atoms with van der Waals surface area (Å²) in [5.41, 5.74) is 11.1. The third-order valence-electron chi connectivity index (χ3n) is 2.72. The Morgan fingerprint density at radius 1 is 1.32 bits per heavy atom. The molecule has 19 heavy (non-hydrogen) atoms. The molecule has 0 spiro atoms. The standard InChI is InChI=1S/C11H15ClN6O/c1-11(2)3-5(15-4-11)16-10(19)6-8(13)18-9(14)7(12)17-6/h3-4H2,1-2H3,(H4,13,14,18)(H,15,16,19). The Morgan fingerprint density at radius 2 is 2.00 bits per heavy atom. The van der Waals surface area contributed by atoms with Gasteiger partial charge in [-0.1, -0.05) is 25.4 Å². The van der Waals surface area contributed by atoms with E-state index in [-0.39, 0.29) is 27.9 Å². The Morgan fingerprint density at radius 3 is 2.58 bits per heavy atom. The van der Waals surface area contributed by atoms with E-state index in [0.717, 1.165) is 0 Å². The maximum absolute atomic E-state index is 12.0. The zero-order valence-corrected chi connectivity index (χ0v) is 11.5. The van der Waals surface area contributed by atoms with Gasteiger partial charge in [-0.15, -0.1) is 0 Å². The van der Waals surface area contributed by atoms with Crippen LogP contribution in [0.3, 0.4) is 0 Å². The quantitative estimate of drug-likeness (QED) is 0.705. The highest BCUT2D eigenvalue weighted by Crippen LogP contribution is 2.26. The van der Waals surface area contributed by atoms with E-state index < -0.39 is 5.91 Å². The van der Waals surface area contributed by atoms with Gasteiger partial charge in [0.05, 0.1) is 0 Å². The number of hydrogen-bond donors (Lipinski definition) is 3. The van der Waals surface area contributed by atoms with E-state index >= 15 is 0 Å². The molecule has 1 aliphatic heterocycles. The predicted molar refractivity (Wildman–Crippen MR) is 74.0 cm³/mol. The number of carbonyl (C=O) groups is 1. The number of aliphatic imine (C=N–C) groups is 1. The number of rotatable bonds is 1. The number of nitrogens with zero attached hydrogens (tertiary/aromatic N) is 3. The van der Waals surface area contributed by atoms with Gasteiger partial charge in [-0.3, -0.25) is 9.79 Å². The Labute approximate surface area is 115 Å². The largest absolute Gasteiger partial charge is 0.382 e. The molecular formula is C11H15ClN6O. The molecule has 0 aliphatic carbocycles. The average molecular weight is 283 g/mol. The van der Waals surface area contributed by atoms with Crippen LogP contribution in [0.5, 0.6) is 0 Å². The zero-order valence-electron chi connectivity index (χ0n) is 10.7. The van der Waals surface area contributed by atoms with Gasteiger partial charge in [0, 0.05) is 13.0 Å². The number of halogens is 1. The van der Waals surface area contributed by atoms with Crippen LogP contribution >= 0.6 is 11.6 Å². The monoisotopic (exact) mass is 282 g/mol. The lowest BCUT2D eigenvalue weighted by atomic mass is 9.92. The molecule has 8 heteroatoms. The van der Waals surface area contributed by atoms with Gasteiger partial charge < -0.3 is 16.8 Å². The molecule has 1 amide bonds. The third-order valence-corrected chi connectivity index (χ3v) is 3.00. The highest BCUT2D eigenvalue weighted by molar-refractivity contribution is 6.31. The van der Waals surface area contributed by atoms with E-state index in [9.17, 15) is 4.79 Å². The van der Waals surface area contributed by atoms with E-state index in [1.165, 1.54) is 0 Å². The van der Waals surface area contributed by atoms with Gasteiger partial charge in [-0.25, -0.2) is 9.97 Å². The van der Waals surface area contributed by atoms with Crippen molar-refractivity contribution < 1.29 is 4.79 Å². The second-order valence-electron chi connectivity index (χ2n) is 5.19. The van der Waals surface area contributed by atoms with Crippen LogP contribution in [0.25, 0.3) is 0 Å². The lowest BCUT2D eigenvalue weighted by Gasteiger charge is -2.14. The summed E-state index contributed by atoms with van der Waals surface area (Å²) in [5, 5.41) is 2.62. The van der Waals surface area contributed by atoms with E-state index in [1.807, 2.05) is 0 Å². The maximum atomic E-state index is 12.0. The average Bonchev–Trinajstić information content (AvgIpc) is 2.63. The van der Waals surface area contributed by atoms with Crippen LogP contribution in [0.4, 0.5) is 11.6 Å². The minimum absolute atomic E-state index is 0.00458.